The second kappa shape index (κ2) is 8.23. The van der Waals surface area contributed by atoms with Crippen molar-refractivity contribution in [2.24, 2.45) is 5.41 Å². The third kappa shape index (κ3) is 3.97. The molecule has 7 heteroatoms. The Bertz CT molecular complexity index is 1050. The molecule has 2 fully saturated rings. The number of carbonyl (C=O) groups is 1. The molecule has 2 saturated heterocycles. The summed E-state index contributed by atoms with van der Waals surface area (Å²) in [5.41, 5.74) is 2.14. The molecule has 3 aromatic rings. The van der Waals surface area contributed by atoms with Crippen molar-refractivity contribution in [2.75, 3.05) is 51.3 Å². The highest BCUT2D eigenvalue weighted by atomic mass is 16.5. The molecule has 162 valence electrons. The van der Waals surface area contributed by atoms with Crippen molar-refractivity contribution in [3.63, 3.8) is 0 Å². The molecule has 31 heavy (non-hydrogen) atoms. The maximum absolute atomic E-state index is 13.2. The first-order chi connectivity index (χ1) is 15.1. The molecule has 7 nitrogen and oxygen atoms in total. The van der Waals surface area contributed by atoms with E-state index in [2.05, 4.69) is 22.2 Å². The first-order valence-corrected chi connectivity index (χ1v) is 11.0. The molecule has 0 atom stereocenters. The van der Waals surface area contributed by atoms with E-state index in [-0.39, 0.29) is 6.03 Å². The Morgan fingerprint density at radius 3 is 2.52 bits per heavy atom. The van der Waals surface area contributed by atoms with E-state index in [0.717, 1.165) is 48.7 Å². The van der Waals surface area contributed by atoms with Gasteiger partial charge >= 0.3 is 6.03 Å². The van der Waals surface area contributed by atoms with Crippen molar-refractivity contribution in [1.82, 2.24) is 19.8 Å². The molecule has 1 aromatic heterocycles. The summed E-state index contributed by atoms with van der Waals surface area (Å²) in [4.78, 5) is 22.6. The third-order valence-electron chi connectivity index (χ3n) is 6.45. The number of para-hydroxylation sites is 3. The Morgan fingerprint density at radius 2 is 1.77 bits per heavy atom. The lowest BCUT2D eigenvalue weighted by molar-refractivity contribution is 0.00108. The molecular weight excluding hydrogens is 390 g/mol. The topological polar surface area (TPSA) is 62.6 Å². The number of imidazole rings is 1. The van der Waals surface area contributed by atoms with Gasteiger partial charge in [-0.05, 0) is 49.6 Å². The average Bonchev–Trinajstić information content (AvgIpc) is 3.16. The van der Waals surface area contributed by atoms with Gasteiger partial charge in [0.15, 0.2) is 0 Å². The van der Waals surface area contributed by atoms with Crippen LogP contribution in [-0.2, 0) is 0 Å². The van der Waals surface area contributed by atoms with E-state index in [1.54, 1.807) is 4.57 Å². The summed E-state index contributed by atoms with van der Waals surface area (Å²) in [6, 6.07) is 17.3. The number of hydrogen-bond donors (Lipinski definition) is 1. The number of likely N-dealkylation sites (tertiary alicyclic amines) is 1. The number of amides is 1. The normalized spacial score (nSPS) is 18.2. The summed E-state index contributed by atoms with van der Waals surface area (Å²) >= 11 is 0. The lowest BCUT2D eigenvalue weighted by Gasteiger charge is -2.53. The molecular formula is C24H29N5O2. The van der Waals surface area contributed by atoms with Crippen molar-refractivity contribution in [3.8, 4) is 5.75 Å². The van der Waals surface area contributed by atoms with Gasteiger partial charge in [0.25, 0.3) is 0 Å². The van der Waals surface area contributed by atoms with E-state index in [1.807, 2.05) is 54.6 Å². The SMILES string of the molecule is CN1CC2(CCN(c3nc4ccccc4n3C(=O)NCCOc3ccccc3)CC2)C1. The van der Waals surface area contributed by atoms with Crippen LogP contribution >= 0.6 is 0 Å². The van der Waals surface area contributed by atoms with E-state index in [4.69, 9.17) is 9.72 Å². The van der Waals surface area contributed by atoms with Gasteiger partial charge in [0, 0.05) is 26.2 Å². The van der Waals surface area contributed by atoms with Crippen LogP contribution in [0.2, 0.25) is 0 Å². The highest BCUT2D eigenvalue weighted by Gasteiger charge is 2.43. The molecule has 3 heterocycles. The smallest absolute Gasteiger partial charge is 0.329 e. The van der Waals surface area contributed by atoms with Crippen molar-refractivity contribution in [1.29, 1.82) is 0 Å². The maximum atomic E-state index is 13.2. The van der Waals surface area contributed by atoms with Crippen LogP contribution < -0.4 is 15.0 Å². The number of piperidine rings is 1. The molecule has 2 aliphatic rings. The van der Waals surface area contributed by atoms with Crippen LogP contribution in [0.15, 0.2) is 54.6 Å². The summed E-state index contributed by atoms with van der Waals surface area (Å²) in [6.07, 6.45) is 2.29. The van der Waals surface area contributed by atoms with Gasteiger partial charge in [-0.25, -0.2) is 14.3 Å². The van der Waals surface area contributed by atoms with Crippen molar-refractivity contribution in [3.05, 3.63) is 54.6 Å². The molecule has 0 radical (unpaired) electrons. The summed E-state index contributed by atoms with van der Waals surface area (Å²) in [5.74, 6) is 1.54. The predicted molar refractivity (Wildman–Crippen MR) is 122 cm³/mol. The van der Waals surface area contributed by atoms with E-state index in [0.29, 0.717) is 18.6 Å². The van der Waals surface area contributed by atoms with Crippen LogP contribution in [0.4, 0.5) is 10.7 Å². The number of rotatable bonds is 5. The van der Waals surface area contributed by atoms with Gasteiger partial charge in [-0.1, -0.05) is 30.3 Å². The molecule has 2 aliphatic heterocycles. The van der Waals surface area contributed by atoms with Gasteiger partial charge in [-0.3, -0.25) is 0 Å². The number of benzene rings is 2. The number of fused-ring (bicyclic) bond motifs is 1. The van der Waals surface area contributed by atoms with Gasteiger partial charge in [0.2, 0.25) is 5.95 Å². The zero-order chi connectivity index (χ0) is 21.3. The number of anilines is 1. The number of hydrogen-bond acceptors (Lipinski definition) is 5. The minimum atomic E-state index is -0.163. The van der Waals surface area contributed by atoms with E-state index < -0.39 is 0 Å². The Labute approximate surface area is 182 Å². The highest BCUT2D eigenvalue weighted by molar-refractivity contribution is 5.93. The molecule has 0 saturated carbocycles. The van der Waals surface area contributed by atoms with E-state index in [9.17, 15) is 4.79 Å². The number of carbonyl (C=O) groups excluding carboxylic acids is 1. The quantitative estimate of drug-likeness (QED) is 0.644. The number of nitrogens with one attached hydrogen (secondary N) is 1. The Hall–Kier alpha value is -3.06. The zero-order valence-corrected chi connectivity index (χ0v) is 18.0. The molecule has 1 amide bonds. The molecule has 1 N–H and O–H groups in total. The van der Waals surface area contributed by atoms with Crippen LogP contribution in [0.5, 0.6) is 5.75 Å². The van der Waals surface area contributed by atoms with Crippen molar-refractivity contribution >= 4 is 23.0 Å². The van der Waals surface area contributed by atoms with E-state index >= 15 is 0 Å². The summed E-state index contributed by atoms with van der Waals surface area (Å²) < 4.78 is 7.43. The summed E-state index contributed by atoms with van der Waals surface area (Å²) in [7, 11) is 2.18. The molecule has 5 rings (SSSR count). The monoisotopic (exact) mass is 419 g/mol. The van der Waals surface area contributed by atoms with Crippen LogP contribution in [0, 0.1) is 5.41 Å². The number of nitrogens with zero attached hydrogens (tertiary/aromatic N) is 4. The lowest BCUT2D eigenvalue weighted by atomic mass is 9.72. The number of aromatic nitrogens is 2. The molecule has 1 spiro atoms. The second-order valence-corrected chi connectivity index (χ2v) is 8.79. The van der Waals surface area contributed by atoms with Crippen LogP contribution in [0.1, 0.15) is 12.8 Å². The first-order valence-electron chi connectivity index (χ1n) is 11.0. The fourth-order valence-corrected chi connectivity index (χ4v) is 4.94. The van der Waals surface area contributed by atoms with Crippen LogP contribution in [-0.4, -0.2) is 66.9 Å². The third-order valence-corrected chi connectivity index (χ3v) is 6.45. The molecule has 2 aromatic carbocycles. The maximum Gasteiger partial charge on any atom is 0.329 e. The average molecular weight is 420 g/mol. The standard InChI is InChI=1S/C24H29N5O2/c1-27-17-24(18-27)11-14-28(15-12-24)22-26-20-9-5-6-10-21(20)29(22)23(30)25-13-16-31-19-7-3-2-4-8-19/h2-10H,11-18H2,1H3,(H,25,30). The Balaban J connectivity index is 1.29. The molecule has 0 bridgehead atoms. The number of ether oxygens (including phenoxy) is 1. The molecule has 0 unspecified atom stereocenters. The van der Waals surface area contributed by atoms with E-state index in [1.165, 1.54) is 13.1 Å². The highest BCUT2D eigenvalue weighted by Crippen LogP contribution is 2.40. The fraction of sp³-hybridized carbons (Fsp3) is 0.417. The lowest BCUT2D eigenvalue weighted by Crippen LogP contribution is -2.59. The van der Waals surface area contributed by atoms with Crippen molar-refractivity contribution < 1.29 is 9.53 Å². The van der Waals surface area contributed by atoms with Crippen LogP contribution in [0.25, 0.3) is 11.0 Å². The van der Waals surface area contributed by atoms with Gasteiger partial charge in [-0.2, -0.15) is 0 Å². The van der Waals surface area contributed by atoms with Gasteiger partial charge < -0.3 is 19.9 Å². The summed E-state index contributed by atoms with van der Waals surface area (Å²) in [6.45, 7) is 5.06. The fourth-order valence-electron chi connectivity index (χ4n) is 4.94. The van der Waals surface area contributed by atoms with Gasteiger partial charge in [0.1, 0.15) is 12.4 Å². The largest absolute Gasteiger partial charge is 0.492 e. The zero-order valence-electron chi connectivity index (χ0n) is 18.0. The van der Waals surface area contributed by atoms with Crippen LogP contribution in [0.3, 0.4) is 0 Å². The predicted octanol–water partition coefficient (Wildman–Crippen LogP) is 3.21. The minimum absolute atomic E-state index is 0.163. The summed E-state index contributed by atoms with van der Waals surface area (Å²) in [5, 5.41) is 3.00. The first kappa shape index (κ1) is 19.9. The van der Waals surface area contributed by atoms with Crippen molar-refractivity contribution in [2.45, 2.75) is 12.8 Å². The van der Waals surface area contributed by atoms with Gasteiger partial charge in [0.05, 0.1) is 17.6 Å². The minimum Gasteiger partial charge on any atom is -0.492 e. The van der Waals surface area contributed by atoms with Gasteiger partial charge in [-0.15, -0.1) is 0 Å². The molecule has 0 aliphatic carbocycles. The Kier molecular flexibility index (Phi) is 5.28. The Morgan fingerprint density at radius 1 is 1.06 bits per heavy atom. The second-order valence-electron chi connectivity index (χ2n) is 8.79.